The molecule has 10 heteroatoms. The van der Waals surface area contributed by atoms with Gasteiger partial charge in [0.25, 0.3) is 0 Å². The lowest BCUT2D eigenvalue weighted by Gasteiger charge is -2.28. The lowest BCUT2D eigenvalue weighted by molar-refractivity contribution is 0.0288. The molecule has 1 amide bonds. The van der Waals surface area contributed by atoms with Crippen molar-refractivity contribution >= 4 is 34.6 Å². The van der Waals surface area contributed by atoms with Crippen LogP contribution in [0.15, 0.2) is 30.6 Å². The summed E-state index contributed by atoms with van der Waals surface area (Å²) in [5.41, 5.74) is 1.51. The highest BCUT2D eigenvalue weighted by Crippen LogP contribution is 2.25. The van der Waals surface area contributed by atoms with Crippen molar-refractivity contribution in [2.45, 2.75) is 39.2 Å². The number of amides is 1. The van der Waals surface area contributed by atoms with Crippen LogP contribution >= 0.6 is 0 Å². The third-order valence-corrected chi connectivity index (χ3v) is 5.69. The van der Waals surface area contributed by atoms with Gasteiger partial charge in [-0.05, 0) is 57.7 Å². The van der Waals surface area contributed by atoms with Crippen LogP contribution in [0.4, 0.5) is 16.6 Å². The summed E-state index contributed by atoms with van der Waals surface area (Å²) in [6.07, 6.45) is 6.35. The molecule has 1 atom stereocenters. The number of carbonyl (C=O) groups is 1. The summed E-state index contributed by atoms with van der Waals surface area (Å²) < 4.78 is 10.9. The summed E-state index contributed by atoms with van der Waals surface area (Å²) in [4.78, 5) is 29.9. The number of fused-ring (bicyclic) bond motifs is 1. The monoisotopic (exact) mass is 467 g/mol. The van der Waals surface area contributed by atoms with Gasteiger partial charge in [-0.25, -0.2) is 9.78 Å². The predicted octanol–water partition coefficient (Wildman–Crippen LogP) is 3.45. The van der Waals surface area contributed by atoms with Crippen molar-refractivity contribution in [3.05, 3.63) is 30.6 Å². The zero-order chi connectivity index (χ0) is 24.1. The van der Waals surface area contributed by atoms with Crippen LogP contribution in [0.3, 0.4) is 0 Å². The molecule has 4 rings (SSSR count). The van der Waals surface area contributed by atoms with Gasteiger partial charge in [-0.15, -0.1) is 0 Å². The smallest absolute Gasteiger partial charge is 0.410 e. The number of hydrogen-bond donors (Lipinski definition) is 2. The van der Waals surface area contributed by atoms with Crippen molar-refractivity contribution in [1.29, 1.82) is 5.41 Å². The molecule has 2 fully saturated rings. The molecule has 2 aromatic heterocycles. The number of rotatable bonds is 6. The van der Waals surface area contributed by atoms with Crippen LogP contribution in [-0.4, -0.2) is 76.7 Å². The fraction of sp³-hybridized carbons (Fsp3) is 0.542. The average Bonchev–Trinajstić information content (AvgIpc) is 3.27. The number of morpholine rings is 1. The molecule has 2 aliphatic rings. The normalized spacial score (nSPS) is 19.1. The average molecular weight is 468 g/mol. The molecule has 4 heterocycles. The second-order valence-electron chi connectivity index (χ2n) is 9.63. The van der Waals surface area contributed by atoms with Crippen LogP contribution in [0.1, 0.15) is 33.6 Å². The van der Waals surface area contributed by atoms with E-state index >= 15 is 0 Å². The van der Waals surface area contributed by atoms with Gasteiger partial charge in [-0.1, -0.05) is 0 Å². The Balaban J connectivity index is 1.35. The number of nitrogens with one attached hydrogen (secondary N) is 2. The van der Waals surface area contributed by atoms with Crippen molar-refractivity contribution in [3.63, 3.8) is 0 Å². The Labute approximate surface area is 199 Å². The van der Waals surface area contributed by atoms with Gasteiger partial charge in [0.1, 0.15) is 11.1 Å². The van der Waals surface area contributed by atoms with Crippen LogP contribution in [0, 0.1) is 11.3 Å². The largest absolute Gasteiger partial charge is 0.444 e. The first kappa shape index (κ1) is 23.9. The Morgan fingerprint density at radius 1 is 1.29 bits per heavy atom. The zero-order valence-corrected chi connectivity index (χ0v) is 20.1. The van der Waals surface area contributed by atoms with E-state index in [4.69, 9.17) is 14.9 Å². The molecule has 0 spiro atoms. The van der Waals surface area contributed by atoms with Gasteiger partial charge in [0.05, 0.1) is 18.7 Å². The first-order valence-corrected chi connectivity index (χ1v) is 11.7. The minimum Gasteiger partial charge on any atom is -0.444 e. The molecule has 0 radical (unpaired) electrons. The van der Waals surface area contributed by atoms with Gasteiger partial charge in [-0.3, -0.25) is 4.98 Å². The van der Waals surface area contributed by atoms with Crippen molar-refractivity contribution in [3.8, 4) is 0 Å². The van der Waals surface area contributed by atoms with Crippen LogP contribution < -0.4 is 10.2 Å². The SMILES string of the molecule is CC(C)(C)OC(=O)N1CCC(CC(=N)/C=C\Nc2nc(N3CCOCC3)c3ncccc3n2)C1. The van der Waals surface area contributed by atoms with Gasteiger partial charge in [0, 0.05) is 44.3 Å². The fourth-order valence-corrected chi connectivity index (χ4v) is 4.10. The number of aromatic nitrogens is 3. The summed E-state index contributed by atoms with van der Waals surface area (Å²) in [6, 6.07) is 3.78. The number of nitrogens with zero attached hydrogens (tertiary/aromatic N) is 5. The van der Waals surface area contributed by atoms with E-state index in [2.05, 4.69) is 25.2 Å². The first-order chi connectivity index (χ1) is 16.3. The Morgan fingerprint density at radius 2 is 2.09 bits per heavy atom. The van der Waals surface area contributed by atoms with Crippen LogP contribution in [0.25, 0.3) is 11.0 Å². The third-order valence-electron chi connectivity index (χ3n) is 5.69. The molecular weight excluding hydrogens is 434 g/mol. The summed E-state index contributed by atoms with van der Waals surface area (Å²) in [5, 5.41) is 11.4. The fourth-order valence-electron chi connectivity index (χ4n) is 4.10. The number of allylic oxidation sites excluding steroid dienone is 1. The van der Waals surface area contributed by atoms with E-state index in [1.807, 2.05) is 32.9 Å². The van der Waals surface area contributed by atoms with Gasteiger partial charge in [0.2, 0.25) is 5.95 Å². The number of hydrogen-bond acceptors (Lipinski definition) is 9. The highest BCUT2D eigenvalue weighted by atomic mass is 16.6. The summed E-state index contributed by atoms with van der Waals surface area (Å²) >= 11 is 0. The van der Waals surface area contributed by atoms with Gasteiger partial charge in [0.15, 0.2) is 5.82 Å². The molecule has 2 saturated heterocycles. The van der Waals surface area contributed by atoms with E-state index in [0.29, 0.717) is 44.4 Å². The number of pyridine rings is 1. The van der Waals surface area contributed by atoms with E-state index in [1.54, 1.807) is 23.4 Å². The number of likely N-dealkylation sites (tertiary alicyclic amines) is 1. The van der Waals surface area contributed by atoms with Crippen molar-refractivity contribution in [1.82, 2.24) is 19.9 Å². The molecule has 34 heavy (non-hydrogen) atoms. The molecule has 1 unspecified atom stereocenters. The summed E-state index contributed by atoms with van der Waals surface area (Å²) in [6.45, 7) is 9.70. The van der Waals surface area contributed by atoms with Crippen LogP contribution in [-0.2, 0) is 9.47 Å². The second-order valence-corrected chi connectivity index (χ2v) is 9.63. The lowest BCUT2D eigenvalue weighted by Crippen LogP contribution is -2.37. The highest BCUT2D eigenvalue weighted by molar-refractivity contribution is 5.92. The molecule has 182 valence electrons. The van der Waals surface area contributed by atoms with Gasteiger partial charge < -0.3 is 30.0 Å². The molecule has 0 aliphatic carbocycles. The quantitative estimate of drug-likeness (QED) is 0.621. The summed E-state index contributed by atoms with van der Waals surface area (Å²) in [7, 11) is 0. The van der Waals surface area contributed by atoms with E-state index in [-0.39, 0.29) is 12.0 Å². The second kappa shape index (κ2) is 10.3. The van der Waals surface area contributed by atoms with Crippen molar-refractivity contribution in [2.75, 3.05) is 49.6 Å². The molecule has 2 aliphatic heterocycles. The minimum atomic E-state index is -0.501. The van der Waals surface area contributed by atoms with Crippen LogP contribution in [0.2, 0.25) is 0 Å². The molecule has 10 nitrogen and oxygen atoms in total. The number of ether oxygens (including phenoxy) is 2. The van der Waals surface area contributed by atoms with Gasteiger partial charge in [-0.2, -0.15) is 4.98 Å². The Morgan fingerprint density at radius 3 is 2.85 bits per heavy atom. The van der Waals surface area contributed by atoms with E-state index in [0.717, 1.165) is 36.4 Å². The van der Waals surface area contributed by atoms with Crippen molar-refractivity contribution in [2.24, 2.45) is 5.92 Å². The molecular formula is C24H33N7O3. The maximum Gasteiger partial charge on any atom is 0.410 e. The van der Waals surface area contributed by atoms with E-state index in [9.17, 15) is 4.79 Å². The van der Waals surface area contributed by atoms with Crippen LogP contribution in [0.5, 0.6) is 0 Å². The minimum absolute atomic E-state index is 0.251. The highest BCUT2D eigenvalue weighted by Gasteiger charge is 2.30. The van der Waals surface area contributed by atoms with E-state index in [1.165, 1.54) is 0 Å². The topological polar surface area (TPSA) is 117 Å². The first-order valence-electron chi connectivity index (χ1n) is 11.7. The van der Waals surface area contributed by atoms with Gasteiger partial charge >= 0.3 is 6.09 Å². The Hall–Kier alpha value is -3.27. The molecule has 2 aromatic rings. The molecule has 2 N–H and O–H groups in total. The summed E-state index contributed by atoms with van der Waals surface area (Å²) in [5.74, 6) is 1.50. The van der Waals surface area contributed by atoms with Crippen molar-refractivity contribution < 1.29 is 14.3 Å². The maximum atomic E-state index is 12.3. The molecule has 0 aromatic carbocycles. The predicted molar refractivity (Wildman–Crippen MR) is 131 cm³/mol. The Bertz CT molecular complexity index is 1060. The lowest BCUT2D eigenvalue weighted by atomic mass is 10.0. The van der Waals surface area contributed by atoms with E-state index < -0.39 is 5.60 Å². The standard InChI is InChI=1S/C24H33N7O3/c1-24(2,3)34-23(32)31-10-7-17(16-31)15-18(25)6-9-27-22-28-19-5-4-8-26-20(19)21(29-22)30-11-13-33-14-12-30/h4-6,8-9,17,25H,7,10-16H2,1-3H3,(H,27,28,29)/b9-6-,25-18?. The number of anilines is 2. The number of carbonyl (C=O) groups excluding carboxylic acids is 1. The zero-order valence-electron chi connectivity index (χ0n) is 20.1. The molecule has 0 saturated carbocycles. The maximum absolute atomic E-state index is 12.3. The Kier molecular flexibility index (Phi) is 7.26. The third kappa shape index (κ3) is 6.19. The molecule has 0 bridgehead atoms.